The van der Waals surface area contributed by atoms with Gasteiger partial charge in [-0.1, -0.05) is 53.7 Å². The molecule has 2 N–H and O–H groups in total. The number of carbonyl (C=O) groups excluding carboxylic acids is 2. The number of rotatable bonds is 9. The molecule has 180 valence electrons. The number of nitrogens with one attached hydrogen (secondary N) is 2. The minimum Gasteiger partial charge on any atom is -0.345 e. The molecule has 0 spiro atoms. The monoisotopic (exact) mass is 510 g/mol. The van der Waals surface area contributed by atoms with E-state index in [1.54, 1.807) is 10.6 Å². The summed E-state index contributed by atoms with van der Waals surface area (Å²) in [6.45, 7) is 4.58. The minimum absolute atomic E-state index is 0.0333. The van der Waals surface area contributed by atoms with Gasteiger partial charge in [0.2, 0.25) is 5.91 Å². The number of carbonyl (C=O) groups is 2. The number of halogens is 1. The van der Waals surface area contributed by atoms with Crippen molar-refractivity contribution in [1.29, 1.82) is 0 Å². The van der Waals surface area contributed by atoms with Gasteiger partial charge in [0, 0.05) is 17.5 Å². The van der Waals surface area contributed by atoms with Crippen molar-refractivity contribution >= 4 is 40.0 Å². The van der Waals surface area contributed by atoms with Crippen molar-refractivity contribution in [1.82, 2.24) is 25.1 Å². The fraction of sp³-hybridized carbons (Fsp3) is 0.208. The molecular weight excluding hydrogens is 487 g/mol. The summed E-state index contributed by atoms with van der Waals surface area (Å²) in [7, 11) is 0. The maximum absolute atomic E-state index is 13.8. The third-order valence-corrected chi connectivity index (χ3v) is 6.79. The highest BCUT2D eigenvalue weighted by molar-refractivity contribution is 7.99. The van der Waals surface area contributed by atoms with Crippen molar-refractivity contribution in [3.8, 4) is 11.3 Å². The molecule has 0 atom stereocenters. The van der Waals surface area contributed by atoms with E-state index < -0.39 is 11.7 Å². The molecule has 0 aliphatic carbocycles. The van der Waals surface area contributed by atoms with Crippen LogP contribution < -0.4 is 10.6 Å². The van der Waals surface area contributed by atoms with Gasteiger partial charge < -0.3 is 15.2 Å². The van der Waals surface area contributed by atoms with E-state index in [1.807, 2.05) is 43.5 Å². The lowest BCUT2D eigenvalue weighted by Gasteiger charge is -2.09. The topological polar surface area (TPSA) is 102 Å². The van der Waals surface area contributed by atoms with Crippen molar-refractivity contribution < 1.29 is 14.0 Å². The van der Waals surface area contributed by atoms with Gasteiger partial charge in [-0.15, -0.1) is 21.5 Å². The van der Waals surface area contributed by atoms with E-state index >= 15 is 0 Å². The van der Waals surface area contributed by atoms with Crippen LogP contribution in [0.3, 0.4) is 0 Å². The van der Waals surface area contributed by atoms with Crippen LogP contribution in [0.15, 0.2) is 59.1 Å². The quantitative estimate of drug-likeness (QED) is 0.321. The van der Waals surface area contributed by atoms with E-state index in [9.17, 15) is 14.0 Å². The number of aromatic nitrogens is 4. The number of hydrogen-bond acceptors (Lipinski definition) is 7. The Morgan fingerprint density at radius 2 is 1.89 bits per heavy atom. The van der Waals surface area contributed by atoms with E-state index in [1.165, 1.54) is 46.9 Å². The van der Waals surface area contributed by atoms with Crippen LogP contribution in [-0.4, -0.2) is 37.3 Å². The second kappa shape index (κ2) is 11.2. The second-order valence-corrected chi connectivity index (χ2v) is 9.35. The molecule has 0 unspecified atom stereocenters. The number of benzene rings is 2. The Bertz CT molecular complexity index is 1340. The number of anilines is 1. The number of thioether (sulfide) groups is 1. The number of amides is 2. The maximum atomic E-state index is 13.8. The number of aryl methyl sites for hydroxylation is 1. The molecule has 8 nitrogen and oxygen atoms in total. The van der Waals surface area contributed by atoms with Gasteiger partial charge in [0.05, 0.1) is 23.6 Å². The Morgan fingerprint density at radius 3 is 2.63 bits per heavy atom. The maximum Gasteiger partial charge on any atom is 0.254 e. The third-order valence-electron chi connectivity index (χ3n) is 5.07. The van der Waals surface area contributed by atoms with Crippen molar-refractivity contribution in [2.24, 2.45) is 0 Å². The lowest BCUT2D eigenvalue weighted by Crippen LogP contribution is -2.25. The summed E-state index contributed by atoms with van der Waals surface area (Å²) in [5.41, 5.74) is 2.94. The zero-order valence-corrected chi connectivity index (χ0v) is 20.8. The van der Waals surface area contributed by atoms with E-state index in [-0.39, 0.29) is 23.8 Å². The fourth-order valence-electron chi connectivity index (χ4n) is 3.25. The Balaban J connectivity index is 1.32. The molecule has 4 aromatic rings. The summed E-state index contributed by atoms with van der Waals surface area (Å²) in [5.74, 6) is -0.687. The molecule has 0 radical (unpaired) electrons. The van der Waals surface area contributed by atoms with Crippen LogP contribution in [0.25, 0.3) is 11.3 Å². The Labute approximate surface area is 210 Å². The summed E-state index contributed by atoms with van der Waals surface area (Å²) in [6, 6.07) is 13.8. The first-order chi connectivity index (χ1) is 16.9. The number of nitrogens with zero attached hydrogens (tertiary/aromatic N) is 4. The van der Waals surface area contributed by atoms with Gasteiger partial charge in [-0.05, 0) is 26.0 Å². The zero-order chi connectivity index (χ0) is 24.8. The summed E-state index contributed by atoms with van der Waals surface area (Å²) in [5, 5.41) is 16.7. The van der Waals surface area contributed by atoms with E-state index in [0.29, 0.717) is 22.7 Å². The SMILES string of the molecule is CCn1c(CNC(=O)c2ccccc2F)nnc1SCC(=O)Nc1nc(-c2ccc(C)cc2)cs1. The van der Waals surface area contributed by atoms with Crippen LogP contribution in [-0.2, 0) is 17.9 Å². The molecule has 11 heteroatoms. The third kappa shape index (κ3) is 6.11. The van der Waals surface area contributed by atoms with Crippen LogP contribution in [0.1, 0.15) is 28.7 Å². The fourth-order valence-corrected chi connectivity index (χ4v) is 4.80. The molecule has 2 aromatic heterocycles. The van der Waals surface area contributed by atoms with Gasteiger partial charge in [0.25, 0.3) is 5.91 Å². The molecule has 0 saturated carbocycles. The Morgan fingerprint density at radius 1 is 1.11 bits per heavy atom. The summed E-state index contributed by atoms with van der Waals surface area (Å²) in [6.07, 6.45) is 0. The summed E-state index contributed by atoms with van der Waals surface area (Å²) < 4.78 is 15.6. The highest BCUT2D eigenvalue weighted by atomic mass is 32.2. The molecule has 4 rings (SSSR count). The molecule has 2 aromatic carbocycles. The first-order valence-electron chi connectivity index (χ1n) is 10.8. The van der Waals surface area contributed by atoms with Gasteiger partial charge >= 0.3 is 0 Å². The average Bonchev–Trinajstić information content (AvgIpc) is 3.48. The van der Waals surface area contributed by atoms with Crippen LogP contribution in [0.2, 0.25) is 0 Å². The Kier molecular flexibility index (Phi) is 7.88. The summed E-state index contributed by atoms with van der Waals surface area (Å²) in [4.78, 5) is 29.2. The highest BCUT2D eigenvalue weighted by Gasteiger charge is 2.16. The van der Waals surface area contributed by atoms with E-state index in [2.05, 4.69) is 25.8 Å². The number of thiazole rings is 1. The number of hydrogen-bond donors (Lipinski definition) is 2. The standard InChI is InChI=1S/C24H23FN6O2S2/c1-3-31-20(12-26-22(33)17-6-4-5-7-18(17)25)29-30-24(31)35-14-21(32)28-23-27-19(13-34-23)16-10-8-15(2)9-11-16/h4-11,13H,3,12,14H2,1-2H3,(H,26,33)(H,27,28,32). The molecule has 0 aliphatic heterocycles. The molecule has 0 fully saturated rings. The smallest absolute Gasteiger partial charge is 0.254 e. The molecule has 2 heterocycles. The average molecular weight is 511 g/mol. The van der Waals surface area contributed by atoms with Crippen molar-refractivity contribution in [3.63, 3.8) is 0 Å². The second-order valence-electron chi connectivity index (χ2n) is 7.55. The van der Waals surface area contributed by atoms with Gasteiger partial charge in [0.15, 0.2) is 16.1 Å². The molecule has 2 amide bonds. The van der Waals surface area contributed by atoms with Crippen molar-refractivity contribution in [2.75, 3.05) is 11.1 Å². The van der Waals surface area contributed by atoms with Crippen LogP contribution in [0, 0.1) is 12.7 Å². The Hall–Kier alpha value is -3.57. The molecule has 35 heavy (non-hydrogen) atoms. The normalized spacial score (nSPS) is 10.8. The molecule has 0 aliphatic rings. The van der Waals surface area contributed by atoms with Gasteiger partial charge in [-0.3, -0.25) is 9.59 Å². The molecule has 0 saturated heterocycles. The summed E-state index contributed by atoms with van der Waals surface area (Å²) >= 11 is 2.61. The highest BCUT2D eigenvalue weighted by Crippen LogP contribution is 2.25. The van der Waals surface area contributed by atoms with E-state index in [4.69, 9.17) is 0 Å². The van der Waals surface area contributed by atoms with Crippen molar-refractivity contribution in [3.05, 3.63) is 76.7 Å². The largest absolute Gasteiger partial charge is 0.345 e. The first kappa shape index (κ1) is 24.6. The molecular formula is C24H23FN6O2S2. The minimum atomic E-state index is -0.588. The zero-order valence-electron chi connectivity index (χ0n) is 19.1. The van der Waals surface area contributed by atoms with Crippen LogP contribution in [0.5, 0.6) is 0 Å². The van der Waals surface area contributed by atoms with Crippen LogP contribution in [0.4, 0.5) is 9.52 Å². The van der Waals surface area contributed by atoms with Gasteiger partial charge in [-0.25, -0.2) is 9.37 Å². The molecule has 0 bridgehead atoms. The predicted octanol–water partition coefficient (Wildman–Crippen LogP) is 4.53. The van der Waals surface area contributed by atoms with Gasteiger partial charge in [0.1, 0.15) is 5.82 Å². The lowest BCUT2D eigenvalue weighted by atomic mass is 10.1. The van der Waals surface area contributed by atoms with Gasteiger partial charge in [-0.2, -0.15) is 0 Å². The van der Waals surface area contributed by atoms with Crippen LogP contribution >= 0.6 is 23.1 Å². The first-order valence-corrected chi connectivity index (χ1v) is 12.7. The lowest BCUT2D eigenvalue weighted by molar-refractivity contribution is -0.113. The predicted molar refractivity (Wildman–Crippen MR) is 135 cm³/mol. The van der Waals surface area contributed by atoms with E-state index in [0.717, 1.165) is 11.3 Å². The van der Waals surface area contributed by atoms with Crippen molar-refractivity contribution in [2.45, 2.75) is 32.1 Å².